The van der Waals surface area contributed by atoms with E-state index in [1.165, 1.54) is 5.56 Å². The van der Waals surface area contributed by atoms with E-state index in [1.807, 2.05) is 19.1 Å². The molecule has 108 valence electrons. The van der Waals surface area contributed by atoms with Gasteiger partial charge in [0.25, 0.3) is 0 Å². The Kier molecular flexibility index (Phi) is 6.32. The number of aliphatic hydroxyl groups is 1. The topological polar surface area (TPSA) is 41.5 Å². The van der Waals surface area contributed by atoms with Crippen LogP contribution in [0.15, 0.2) is 24.3 Å². The lowest BCUT2D eigenvalue weighted by Crippen LogP contribution is -2.42. The van der Waals surface area contributed by atoms with Gasteiger partial charge in [0.05, 0.1) is 0 Å². The Bertz CT molecular complexity index is 360. The van der Waals surface area contributed by atoms with Crippen LogP contribution in [-0.4, -0.2) is 30.4 Å². The van der Waals surface area contributed by atoms with Crippen molar-refractivity contribution in [3.05, 3.63) is 29.8 Å². The molecule has 0 aliphatic heterocycles. The fraction of sp³-hybridized carbons (Fsp3) is 0.625. The standard InChI is InChI=1S/C16H27NO2/c1-5-13(3)14-7-9-15(10-8-14)19-12-16(4,18)11-17-6-2/h7-10,13,17-18H,5-6,11-12H2,1-4H3. The van der Waals surface area contributed by atoms with Gasteiger partial charge < -0.3 is 15.2 Å². The summed E-state index contributed by atoms with van der Waals surface area (Å²) in [6, 6.07) is 8.15. The summed E-state index contributed by atoms with van der Waals surface area (Å²) < 4.78 is 5.65. The lowest BCUT2D eigenvalue weighted by Gasteiger charge is -2.23. The lowest BCUT2D eigenvalue weighted by atomic mass is 9.99. The van der Waals surface area contributed by atoms with Crippen molar-refractivity contribution in [2.24, 2.45) is 0 Å². The monoisotopic (exact) mass is 265 g/mol. The van der Waals surface area contributed by atoms with Crippen LogP contribution in [0, 0.1) is 0 Å². The molecule has 0 amide bonds. The lowest BCUT2D eigenvalue weighted by molar-refractivity contribution is 0.0127. The first kappa shape index (κ1) is 16.0. The van der Waals surface area contributed by atoms with Gasteiger partial charge in [-0.1, -0.05) is 32.9 Å². The smallest absolute Gasteiger partial charge is 0.119 e. The summed E-state index contributed by atoms with van der Waals surface area (Å²) in [6.45, 7) is 9.88. The number of likely N-dealkylation sites (N-methyl/N-ethyl adjacent to an activating group) is 1. The highest BCUT2D eigenvalue weighted by molar-refractivity contribution is 5.29. The molecule has 2 atom stereocenters. The van der Waals surface area contributed by atoms with E-state index in [1.54, 1.807) is 6.92 Å². The van der Waals surface area contributed by atoms with E-state index in [9.17, 15) is 5.11 Å². The van der Waals surface area contributed by atoms with Crippen LogP contribution >= 0.6 is 0 Å². The largest absolute Gasteiger partial charge is 0.491 e. The number of hydrogen-bond donors (Lipinski definition) is 2. The molecule has 2 N–H and O–H groups in total. The Morgan fingerprint density at radius 2 is 1.89 bits per heavy atom. The van der Waals surface area contributed by atoms with E-state index >= 15 is 0 Å². The van der Waals surface area contributed by atoms with E-state index in [-0.39, 0.29) is 0 Å². The van der Waals surface area contributed by atoms with Gasteiger partial charge in [0.1, 0.15) is 18.0 Å². The SMILES string of the molecule is CCNCC(C)(O)COc1ccc(C(C)CC)cc1. The zero-order valence-electron chi connectivity index (χ0n) is 12.6. The van der Waals surface area contributed by atoms with Crippen LogP contribution in [-0.2, 0) is 0 Å². The van der Waals surface area contributed by atoms with Crippen molar-refractivity contribution in [3.8, 4) is 5.75 Å². The zero-order chi connectivity index (χ0) is 14.3. The summed E-state index contributed by atoms with van der Waals surface area (Å²) in [6.07, 6.45) is 1.14. The molecule has 19 heavy (non-hydrogen) atoms. The molecule has 1 aromatic carbocycles. The molecule has 0 aliphatic rings. The maximum Gasteiger partial charge on any atom is 0.119 e. The predicted molar refractivity (Wildman–Crippen MR) is 79.8 cm³/mol. The van der Waals surface area contributed by atoms with Crippen molar-refractivity contribution in [2.45, 2.75) is 45.6 Å². The summed E-state index contributed by atoms with van der Waals surface area (Å²) in [5, 5.41) is 13.2. The molecule has 0 saturated carbocycles. The van der Waals surface area contributed by atoms with E-state index in [0.29, 0.717) is 19.1 Å². The maximum atomic E-state index is 10.1. The van der Waals surface area contributed by atoms with Crippen LogP contribution in [0.4, 0.5) is 0 Å². The number of rotatable bonds is 8. The number of benzene rings is 1. The molecule has 0 aliphatic carbocycles. The van der Waals surface area contributed by atoms with Gasteiger partial charge in [-0.3, -0.25) is 0 Å². The molecule has 0 spiro atoms. The minimum absolute atomic E-state index is 0.294. The van der Waals surface area contributed by atoms with Gasteiger partial charge >= 0.3 is 0 Å². The molecule has 0 bridgehead atoms. The summed E-state index contributed by atoms with van der Waals surface area (Å²) in [7, 11) is 0. The van der Waals surface area contributed by atoms with Gasteiger partial charge in [-0.05, 0) is 43.5 Å². The molecule has 0 fully saturated rings. The minimum atomic E-state index is -0.842. The Morgan fingerprint density at radius 1 is 1.26 bits per heavy atom. The van der Waals surface area contributed by atoms with Crippen LogP contribution in [0.25, 0.3) is 0 Å². The van der Waals surface area contributed by atoms with Gasteiger partial charge in [-0.2, -0.15) is 0 Å². The first-order chi connectivity index (χ1) is 8.98. The van der Waals surface area contributed by atoms with Crippen LogP contribution in [0.5, 0.6) is 5.75 Å². The fourth-order valence-corrected chi connectivity index (χ4v) is 1.81. The van der Waals surface area contributed by atoms with Crippen LogP contribution in [0.1, 0.15) is 45.6 Å². The molecule has 2 unspecified atom stereocenters. The molecule has 0 aromatic heterocycles. The van der Waals surface area contributed by atoms with Crippen LogP contribution in [0.3, 0.4) is 0 Å². The first-order valence-corrected chi connectivity index (χ1v) is 7.14. The maximum absolute atomic E-state index is 10.1. The Hall–Kier alpha value is -1.06. The number of nitrogens with one attached hydrogen (secondary N) is 1. The number of hydrogen-bond acceptors (Lipinski definition) is 3. The van der Waals surface area contributed by atoms with Crippen molar-refractivity contribution in [1.82, 2.24) is 5.32 Å². The highest BCUT2D eigenvalue weighted by Gasteiger charge is 2.20. The third-order valence-corrected chi connectivity index (χ3v) is 3.37. The third-order valence-electron chi connectivity index (χ3n) is 3.37. The summed E-state index contributed by atoms with van der Waals surface area (Å²) in [4.78, 5) is 0. The molecule has 0 heterocycles. The summed E-state index contributed by atoms with van der Waals surface area (Å²) in [5.41, 5.74) is 0.486. The average Bonchev–Trinajstić information content (AvgIpc) is 2.43. The zero-order valence-corrected chi connectivity index (χ0v) is 12.6. The Labute approximate surface area is 117 Å². The third kappa shape index (κ3) is 5.62. The van der Waals surface area contributed by atoms with Gasteiger partial charge in [-0.15, -0.1) is 0 Å². The summed E-state index contributed by atoms with van der Waals surface area (Å²) in [5.74, 6) is 1.38. The normalized spacial score (nSPS) is 15.8. The minimum Gasteiger partial charge on any atom is -0.491 e. The van der Waals surface area contributed by atoms with Gasteiger partial charge in [-0.25, -0.2) is 0 Å². The van der Waals surface area contributed by atoms with Crippen molar-refractivity contribution in [1.29, 1.82) is 0 Å². The van der Waals surface area contributed by atoms with Crippen molar-refractivity contribution < 1.29 is 9.84 Å². The van der Waals surface area contributed by atoms with E-state index in [0.717, 1.165) is 18.7 Å². The molecule has 1 rings (SSSR count). The molecule has 1 aromatic rings. The molecule has 0 saturated heterocycles. The Balaban J connectivity index is 2.49. The molecular formula is C16H27NO2. The second kappa shape index (κ2) is 7.51. The summed E-state index contributed by atoms with van der Waals surface area (Å²) >= 11 is 0. The van der Waals surface area contributed by atoms with Crippen molar-refractivity contribution in [3.63, 3.8) is 0 Å². The molecule has 0 radical (unpaired) electrons. The highest BCUT2D eigenvalue weighted by Crippen LogP contribution is 2.21. The van der Waals surface area contributed by atoms with Crippen LogP contribution < -0.4 is 10.1 Å². The van der Waals surface area contributed by atoms with Crippen LogP contribution in [0.2, 0.25) is 0 Å². The van der Waals surface area contributed by atoms with Gasteiger partial charge in [0.15, 0.2) is 0 Å². The molecule has 3 heteroatoms. The number of ether oxygens (including phenoxy) is 1. The van der Waals surface area contributed by atoms with Crippen molar-refractivity contribution in [2.75, 3.05) is 19.7 Å². The van der Waals surface area contributed by atoms with E-state index in [4.69, 9.17) is 4.74 Å². The Morgan fingerprint density at radius 3 is 2.42 bits per heavy atom. The van der Waals surface area contributed by atoms with E-state index in [2.05, 4.69) is 31.3 Å². The first-order valence-electron chi connectivity index (χ1n) is 7.14. The molecular weight excluding hydrogens is 238 g/mol. The molecule has 3 nitrogen and oxygen atoms in total. The fourth-order valence-electron chi connectivity index (χ4n) is 1.81. The predicted octanol–water partition coefficient (Wildman–Crippen LogP) is 2.94. The average molecular weight is 265 g/mol. The van der Waals surface area contributed by atoms with E-state index < -0.39 is 5.60 Å². The van der Waals surface area contributed by atoms with Gasteiger partial charge in [0, 0.05) is 6.54 Å². The highest BCUT2D eigenvalue weighted by atomic mass is 16.5. The van der Waals surface area contributed by atoms with Gasteiger partial charge in [0.2, 0.25) is 0 Å². The second-order valence-electron chi connectivity index (χ2n) is 5.44. The second-order valence-corrected chi connectivity index (χ2v) is 5.44. The van der Waals surface area contributed by atoms with Crippen molar-refractivity contribution >= 4 is 0 Å². The quantitative estimate of drug-likeness (QED) is 0.759.